The lowest BCUT2D eigenvalue weighted by molar-refractivity contribution is -0.121. The van der Waals surface area contributed by atoms with E-state index in [4.69, 9.17) is 5.73 Å². The normalized spacial score (nSPS) is 20.1. The summed E-state index contributed by atoms with van der Waals surface area (Å²) in [5.41, 5.74) is 5.73. The number of hydrogen-bond donors (Lipinski definition) is 2. The predicted molar refractivity (Wildman–Crippen MR) is 61.7 cm³/mol. The molecule has 1 aliphatic heterocycles. The van der Waals surface area contributed by atoms with Crippen molar-refractivity contribution in [3.8, 4) is 0 Å². The number of rotatable bonds is 2. The van der Waals surface area contributed by atoms with Gasteiger partial charge in [0.15, 0.2) is 0 Å². The third-order valence-corrected chi connectivity index (χ3v) is 3.18. The van der Waals surface area contributed by atoms with Crippen LogP contribution >= 0.6 is 15.9 Å². The number of likely N-dealkylation sites (tertiary alicyclic amines) is 1. The maximum absolute atomic E-state index is 12.0. The van der Waals surface area contributed by atoms with Crippen LogP contribution < -0.4 is 5.73 Å². The van der Waals surface area contributed by atoms with Crippen LogP contribution in [0.2, 0.25) is 0 Å². The average molecular weight is 286 g/mol. The number of H-pyrrole nitrogens is 1. The van der Waals surface area contributed by atoms with Crippen LogP contribution in [0.5, 0.6) is 0 Å². The van der Waals surface area contributed by atoms with E-state index in [1.165, 1.54) is 4.90 Å². The Bertz CT molecular complexity index is 429. The molecule has 1 saturated heterocycles. The number of hydrogen-bond acceptors (Lipinski definition) is 2. The number of nitrogens with one attached hydrogen (secondary N) is 1. The SMILES string of the molecule is NC(=O)C1CCCN1C(=O)c1cc(Br)c[nH]1. The highest BCUT2D eigenvalue weighted by Gasteiger charge is 2.33. The van der Waals surface area contributed by atoms with Gasteiger partial charge in [0.1, 0.15) is 11.7 Å². The molecule has 2 heterocycles. The van der Waals surface area contributed by atoms with E-state index in [-0.39, 0.29) is 5.91 Å². The predicted octanol–water partition coefficient (Wildman–Crippen LogP) is 0.867. The van der Waals surface area contributed by atoms with Crippen LogP contribution in [0.25, 0.3) is 0 Å². The Hall–Kier alpha value is -1.30. The Kier molecular flexibility index (Phi) is 3.00. The molecule has 1 aliphatic rings. The quantitative estimate of drug-likeness (QED) is 0.846. The van der Waals surface area contributed by atoms with Gasteiger partial charge < -0.3 is 15.6 Å². The van der Waals surface area contributed by atoms with E-state index < -0.39 is 11.9 Å². The molecular formula is C10H12BrN3O2. The van der Waals surface area contributed by atoms with Crippen LogP contribution in [0.1, 0.15) is 23.3 Å². The molecule has 1 aromatic heterocycles. The van der Waals surface area contributed by atoms with Crippen molar-refractivity contribution in [2.45, 2.75) is 18.9 Å². The number of nitrogens with two attached hydrogens (primary N) is 1. The highest BCUT2D eigenvalue weighted by molar-refractivity contribution is 9.10. The molecule has 1 aromatic rings. The number of primary amides is 1. The van der Waals surface area contributed by atoms with Gasteiger partial charge in [0, 0.05) is 17.2 Å². The molecule has 2 rings (SSSR count). The van der Waals surface area contributed by atoms with Gasteiger partial charge in [-0.1, -0.05) is 0 Å². The van der Waals surface area contributed by atoms with Gasteiger partial charge in [-0.05, 0) is 34.8 Å². The lowest BCUT2D eigenvalue weighted by atomic mass is 10.2. The van der Waals surface area contributed by atoms with Crippen LogP contribution in [0.15, 0.2) is 16.7 Å². The number of nitrogens with zero attached hydrogens (tertiary/aromatic N) is 1. The third kappa shape index (κ3) is 1.97. The zero-order valence-corrected chi connectivity index (χ0v) is 10.2. The molecule has 1 fully saturated rings. The fraction of sp³-hybridized carbons (Fsp3) is 0.400. The Balaban J connectivity index is 2.18. The summed E-state index contributed by atoms with van der Waals surface area (Å²) in [5, 5.41) is 0. The van der Waals surface area contributed by atoms with Gasteiger partial charge in [-0.2, -0.15) is 0 Å². The minimum atomic E-state index is -0.463. The zero-order valence-electron chi connectivity index (χ0n) is 8.57. The van der Waals surface area contributed by atoms with Crippen molar-refractivity contribution < 1.29 is 9.59 Å². The number of amides is 2. The van der Waals surface area contributed by atoms with E-state index in [1.54, 1.807) is 12.3 Å². The van der Waals surface area contributed by atoms with E-state index in [0.717, 1.165) is 10.9 Å². The molecule has 0 bridgehead atoms. The lowest BCUT2D eigenvalue weighted by Crippen LogP contribution is -2.43. The standard InChI is InChI=1S/C10H12BrN3O2/c11-6-4-7(13-5-6)10(16)14-3-1-2-8(14)9(12)15/h4-5,8,13H,1-3H2,(H2,12,15). The van der Waals surface area contributed by atoms with Crippen molar-refractivity contribution in [2.24, 2.45) is 5.73 Å². The number of carbonyl (C=O) groups is 2. The molecular weight excluding hydrogens is 274 g/mol. The van der Waals surface area contributed by atoms with Crippen molar-refractivity contribution in [1.29, 1.82) is 0 Å². The first-order chi connectivity index (χ1) is 7.59. The first-order valence-corrected chi connectivity index (χ1v) is 5.83. The van der Waals surface area contributed by atoms with Crippen molar-refractivity contribution in [3.05, 3.63) is 22.4 Å². The maximum Gasteiger partial charge on any atom is 0.270 e. The molecule has 16 heavy (non-hydrogen) atoms. The summed E-state index contributed by atoms with van der Waals surface area (Å²) in [7, 11) is 0. The first kappa shape index (κ1) is 11.2. The minimum absolute atomic E-state index is 0.174. The average Bonchev–Trinajstić information content (AvgIpc) is 2.84. The van der Waals surface area contributed by atoms with Crippen LogP contribution in [0.3, 0.4) is 0 Å². The van der Waals surface area contributed by atoms with Gasteiger partial charge in [-0.25, -0.2) is 0 Å². The molecule has 0 aromatic carbocycles. The molecule has 6 heteroatoms. The van der Waals surface area contributed by atoms with E-state index in [9.17, 15) is 9.59 Å². The minimum Gasteiger partial charge on any atom is -0.368 e. The molecule has 1 unspecified atom stereocenters. The molecule has 0 aliphatic carbocycles. The van der Waals surface area contributed by atoms with Crippen molar-refractivity contribution >= 4 is 27.7 Å². The summed E-state index contributed by atoms with van der Waals surface area (Å²) in [6, 6.07) is 1.23. The van der Waals surface area contributed by atoms with Crippen LogP contribution in [-0.4, -0.2) is 34.3 Å². The van der Waals surface area contributed by atoms with Gasteiger partial charge in [-0.15, -0.1) is 0 Å². The molecule has 0 radical (unpaired) electrons. The summed E-state index contributed by atoms with van der Waals surface area (Å²) in [6.07, 6.45) is 3.16. The number of aromatic nitrogens is 1. The van der Waals surface area contributed by atoms with E-state index in [0.29, 0.717) is 18.7 Å². The molecule has 2 amide bonds. The molecule has 0 saturated carbocycles. The van der Waals surface area contributed by atoms with Crippen molar-refractivity contribution in [1.82, 2.24) is 9.88 Å². The van der Waals surface area contributed by atoms with Crippen LogP contribution in [-0.2, 0) is 4.79 Å². The summed E-state index contributed by atoms with van der Waals surface area (Å²) in [4.78, 5) is 27.6. The van der Waals surface area contributed by atoms with Gasteiger partial charge in [0.05, 0.1) is 0 Å². The van der Waals surface area contributed by atoms with Gasteiger partial charge in [-0.3, -0.25) is 9.59 Å². The number of carbonyl (C=O) groups excluding carboxylic acids is 2. The van der Waals surface area contributed by atoms with Gasteiger partial charge >= 0.3 is 0 Å². The largest absolute Gasteiger partial charge is 0.368 e. The monoisotopic (exact) mass is 285 g/mol. The Morgan fingerprint density at radius 1 is 1.56 bits per heavy atom. The number of halogens is 1. The maximum atomic E-state index is 12.0. The van der Waals surface area contributed by atoms with Crippen molar-refractivity contribution in [3.63, 3.8) is 0 Å². The van der Waals surface area contributed by atoms with E-state index in [2.05, 4.69) is 20.9 Å². The van der Waals surface area contributed by atoms with Crippen molar-refractivity contribution in [2.75, 3.05) is 6.54 Å². The topological polar surface area (TPSA) is 79.2 Å². The second kappa shape index (κ2) is 4.29. The molecule has 5 nitrogen and oxygen atoms in total. The summed E-state index contributed by atoms with van der Waals surface area (Å²) >= 11 is 3.26. The Morgan fingerprint density at radius 2 is 2.31 bits per heavy atom. The second-order valence-electron chi connectivity index (χ2n) is 3.79. The second-order valence-corrected chi connectivity index (χ2v) is 4.71. The fourth-order valence-electron chi connectivity index (χ4n) is 1.95. The molecule has 0 spiro atoms. The molecule has 86 valence electrons. The number of aromatic amines is 1. The van der Waals surface area contributed by atoms with Gasteiger partial charge in [0.2, 0.25) is 5.91 Å². The zero-order chi connectivity index (χ0) is 11.7. The fourth-order valence-corrected chi connectivity index (χ4v) is 2.30. The summed E-state index contributed by atoms with van der Waals surface area (Å²) < 4.78 is 0.811. The van der Waals surface area contributed by atoms with Crippen LogP contribution in [0.4, 0.5) is 0 Å². The smallest absolute Gasteiger partial charge is 0.270 e. The van der Waals surface area contributed by atoms with E-state index >= 15 is 0 Å². The first-order valence-electron chi connectivity index (χ1n) is 5.04. The Morgan fingerprint density at radius 3 is 2.88 bits per heavy atom. The lowest BCUT2D eigenvalue weighted by Gasteiger charge is -2.21. The molecule has 3 N–H and O–H groups in total. The van der Waals surface area contributed by atoms with E-state index in [1.807, 2.05) is 0 Å². The third-order valence-electron chi connectivity index (χ3n) is 2.72. The van der Waals surface area contributed by atoms with Crippen LogP contribution in [0, 0.1) is 0 Å². The van der Waals surface area contributed by atoms with Gasteiger partial charge in [0.25, 0.3) is 5.91 Å². The molecule has 1 atom stereocenters. The summed E-state index contributed by atoms with van der Waals surface area (Å²) in [6.45, 7) is 0.586. The highest BCUT2D eigenvalue weighted by atomic mass is 79.9. The Labute approximate surface area is 101 Å². The highest BCUT2D eigenvalue weighted by Crippen LogP contribution is 2.20. The summed E-state index contributed by atoms with van der Waals surface area (Å²) in [5.74, 6) is -0.608.